The van der Waals surface area contributed by atoms with Crippen molar-refractivity contribution in [2.45, 2.75) is 11.4 Å². The molecule has 0 aliphatic carbocycles. The van der Waals surface area contributed by atoms with Crippen molar-refractivity contribution in [1.82, 2.24) is 4.90 Å². The third-order valence-corrected chi connectivity index (χ3v) is 5.26. The number of rotatable bonds is 9. The summed E-state index contributed by atoms with van der Waals surface area (Å²) in [6, 6.07) is 20.7. The molecule has 156 valence electrons. The molecule has 0 saturated carbocycles. The predicted molar refractivity (Wildman–Crippen MR) is 121 cm³/mol. The lowest BCUT2D eigenvalue weighted by Crippen LogP contribution is -2.41. The van der Waals surface area contributed by atoms with Crippen LogP contribution in [0.3, 0.4) is 0 Å². The van der Waals surface area contributed by atoms with Crippen LogP contribution in [0.15, 0.2) is 82.3 Å². The van der Waals surface area contributed by atoms with E-state index in [1.807, 2.05) is 66.9 Å². The molecular formula is C23H25N3O3S. The molecule has 1 heterocycles. The molecule has 30 heavy (non-hydrogen) atoms. The number of nitrogens with zero attached hydrogens (tertiary/aromatic N) is 2. The van der Waals surface area contributed by atoms with Crippen molar-refractivity contribution < 1.29 is 14.0 Å². The summed E-state index contributed by atoms with van der Waals surface area (Å²) in [6.07, 6.45) is 3.55. The van der Waals surface area contributed by atoms with Gasteiger partial charge in [-0.2, -0.15) is 0 Å². The van der Waals surface area contributed by atoms with Crippen LogP contribution in [-0.4, -0.2) is 43.1 Å². The number of nitrogens with one attached hydrogen (secondary N) is 1. The molecule has 0 fully saturated rings. The van der Waals surface area contributed by atoms with E-state index in [0.717, 1.165) is 16.3 Å². The van der Waals surface area contributed by atoms with Gasteiger partial charge in [0.05, 0.1) is 31.6 Å². The van der Waals surface area contributed by atoms with E-state index in [1.165, 1.54) is 0 Å². The molecule has 2 amide bonds. The number of hydrogen-bond donors (Lipinski definition) is 1. The van der Waals surface area contributed by atoms with Gasteiger partial charge < -0.3 is 14.6 Å². The maximum Gasteiger partial charge on any atom is 0.241 e. The summed E-state index contributed by atoms with van der Waals surface area (Å²) >= 11 is 1.57. The molecule has 0 aliphatic heterocycles. The average Bonchev–Trinajstić information content (AvgIpc) is 3.26. The Balaban J connectivity index is 1.62. The van der Waals surface area contributed by atoms with Crippen LogP contribution in [-0.2, 0) is 16.1 Å². The summed E-state index contributed by atoms with van der Waals surface area (Å²) in [5.74, 6) is 0.419. The number of likely N-dealkylation sites (N-methyl/N-ethyl adjacent to an activating group) is 1. The number of benzene rings is 2. The Morgan fingerprint density at radius 3 is 2.40 bits per heavy atom. The third kappa shape index (κ3) is 5.98. The SMILES string of the molecule is CSc1ccccc1NC(=O)CN(C)CC(=O)N(Cc1ccco1)c1ccccc1. The minimum absolute atomic E-state index is 0.104. The van der Waals surface area contributed by atoms with Gasteiger partial charge in [-0.15, -0.1) is 11.8 Å². The first-order valence-corrected chi connectivity index (χ1v) is 10.8. The lowest BCUT2D eigenvalue weighted by molar-refractivity contribution is -0.121. The van der Waals surface area contributed by atoms with Crippen molar-refractivity contribution in [1.29, 1.82) is 0 Å². The number of amides is 2. The maximum atomic E-state index is 13.0. The van der Waals surface area contributed by atoms with Crippen LogP contribution in [0, 0.1) is 0 Å². The van der Waals surface area contributed by atoms with Gasteiger partial charge in [-0.3, -0.25) is 14.5 Å². The second-order valence-corrected chi connectivity index (χ2v) is 7.66. The van der Waals surface area contributed by atoms with Crippen LogP contribution >= 0.6 is 11.8 Å². The van der Waals surface area contributed by atoms with Gasteiger partial charge in [-0.25, -0.2) is 0 Å². The van der Waals surface area contributed by atoms with E-state index in [4.69, 9.17) is 4.42 Å². The van der Waals surface area contributed by atoms with E-state index < -0.39 is 0 Å². The summed E-state index contributed by atoms with van der Waals surface area (Å²) in [5.41, 5.74) is 1.56. The molecule has 3 aromatic rings. The molecule has 0 aliphatic rings. The maximum absolute atomic E-state index is 13.0. The fraction of sp³-hybridized carbons (Fsp3) is 0.217. The fourth-order valence-corrected chi connectivity index (χ4v) is 3.60. The summed E-state index contributed by atoms with van der Waals surface area (Å²) in [6.45, 7) is 0.544. The van der Waals surface area contributed by atoms with E-state index in [1.54, 1.807) is 40.9 Å². The van der Waals surface area contributed by atoms with Crippen molar-refractivity contribution in [3.63, 3.8) is 0 Å². The quantitative estimate of drug-likeness (QED) is 0.525. The molecule has 1 N–H and O–H groups in total. The molecule has 7 heteroatoms. The lowest BCUT2D eigenvalue weighted by atomic mass is 10.2. The van der Waals surface area contributed by atoms with Gasteiger partial charge in [0, 0.05) is 10.6 Å². The number of thioether (sulfide) groups is 1. The Kier molecular flexibility index (Phi) is 7.70. The standard InChI is InChI=1S/C23H25N3O3S/c1-25(16-22(27)24-20-12-6-7-13-21(20)30-2)17-23(28)26(15-19-11-8-14-29-19)18-9-4-3-5-10-18/h3-14H,15-17H2,1-2H3,(H,24,27). The highest BCUT2D eigenvalue weighted by atomic mass is 32.2. The Bertz CT molecular complexity index is 961. The lowest BCUT2D eigenvalue weighted by Gasteiger charge is -2.25. The van der Waals surface area contributed by atoms with Crippen LogP contribution in [0.25, 0.3) is 0 Å². The Labute approximate surface area is 180 Å². The first-order valence-electron chi connectivity index (χ1n) is 9.56. The monoisotopic (exact) mass is 423 g/mol. The highest BCUT2D eigenvalue weighted by Crippen LogP contribution is 2.24. The smallest absolute Gasteiger partial charge is 0.241 e. The van der Waals surface area contributed by atoms with Gasteiger partial charge in [-0.05, 0) is 49.7 Å². The third-order valence-electron chi connectivity index (χ3n) is 4.46. The van der Waals surface area contributed by atoms with E-state index in [2.05, 4.69) is 5.32 Å². The number of anilines is 2. The zero-order valence-electron chi connectivity index (χ0n) is 17.1. The molecule has 0 bridgehead atoms. The number of hydrogen-bond acceptors (Lipinski definition) is 5. The van der Waals surface area contributed by atoms with Crippen molar-refractivity contribution in [2.75, 3.05) is 36.6 Å². The zero-order valence-corrected chi connectivity index (χ0v) is 17.9. The highest BCUT2D eigenvalue weighted by molar-refractivity contribution is 7.98. The zero-order chi connectivity index (χ0) is 21.3. The Morgan fingerprint density at radius 1 is 0.967 bits per heavy atom. The highest BCUT2D eigenvalue weighted by Gasteiger charge is 2.20. The van der Waals surface area contributed by atoms with Gasteiger partial charge in [-0.1, -0.05) is 30.3 Å². The molecule has 3 rings (SSSR count). The summed E-state index contributed by atoms with van der Waals surface area (Å²) < 4.78 is 5.42. The van der Waals surface area contributed by atoms with Gasteiger partial charge in [0.25, 0.3) is 0 Å². The molecule has 0 unspecified atom stereocenters. The minimum Gasteiger partial charge on any atom is -0.467 e. The largest absolute Gasteiger partial charge is 0.467 e. The van der Waals surface area contributed by atoms with Crippen molar-refractivity contribution >= 4 is 35.0 Å². The fourth-order valence-electron chi connectivity index (χ4n) is 3.04. The number of para-hydroxylation sites is 2. The van der Waals surface area contributed by atoms with Crippen molar-refractivity contribution in [3.05, 3.63) is 78.8 Å². The first-order chi connectivity index (χ1) is 14.6. The topological polar surface area (TPSA) is 65.8 Å². The molecule has 1 aromatic heterocycles. The molecule has 0 atom stereocenters. The van der Waals surface area contributed by atoms with E-state index in [9.17, 15) is 9.59 Å². The Hall–Kier alpha value is -3.03. The normalized spacial score (nSPS) is 10.8. The number of carbonyl (C=O) groups excluding carboxylic acids is 2. The minimum atomic E-state index is -0.163. The molecular weight excluding hydrogens is 398 g/mol. The van der Waals surface area contributed by atoms with Crippen LogP contribution in [0.4, 0.5) is 11.4 Å². The van der Waals surface area contributed by atoms with Gasteiger partial charge in [0.2, 0.25) is 11.8 Å². The Morgan fingerprint density at radius 2 is 1.70 bits per heavy atom. The van der Waals surface area contributed by atoms with E-state index in [-0.39, 0.29) is 24.9 Å². The van der Waals surface area contributed by atoms with Crippen molar-refractivity contribution in [3.8, 4) is 0 Å². The van der Waals surface area contributed by atoms with Gasteiger partial charge >= 0.3 is 0 Å². The van der Waals surface area contributed by atoms with Crippen molar-refractivity contribution in [2.24, 2.45) is 0 Å². The summed E-state index contributed by atoms with van der Waals surface area (Å²) in [5, 5.41) is 2.92. The van der Waals surface area contributed by atoms with E-state index in [0.29, 0.717) is 12.3 Å². The summed E-state index contributed by atoms with van der Waals surface area (Å²) in [4.78, 5) is 29.9. The second kappa shape index (κ2) is 10.7. The van der Waals surface area contributed by atoms with Crippen LogP contribution in [0.1, 0.15) is 5.76 Å². The predicted octanol–water partition coefficient (Wildman–Crippen LogP) is 4.11. The summed E-state index contributed by atoms with van der Waals surface area (Å²) in [7, 11) is 1.76. The first kappa shape index (κ1) is 21.7. The molecule has 0 spiro atoms. The van der Waals surface area contributed by atoms with Crippen LogP contribution in [0.2, 0.25) is 0 Å². The number of furan rings is 1. The second-order valence-electron chi connectivity index (χ2n) is 6.82. The number of carbonyl (C=O) groups is 2. The molecule has 0 saturated heterocycles. The molecule has 6 nitrogen and oxygen atoms in total. The average molecular weight is 424 g/mol. The van der Waals surface area contributed by atoms with Crippen LogP contribution < -0.4 is 10.2 Å². The molecule has 0 radical (unpaired) electrons. The van der Waals surface area contributed by atoms with Crippen LogP contribution in [0.5, 0.6) is 0 Å². The van der Waals surface area contributed by atoms with Gasteiger partial charge in [0.1, 0.15) is 5.76 Å². The van der Waals surface area contributed by atoms with E-state index >= 15 is 0 Å². The molecule has 2 aromatic carbocycles. The van der Waals surface area contributed by atoms with Gasteiger partial charge in [0.15, 0.2) is 0 Å².